The Bertz CT molecular complexity index is 712. The van der Waals surface area contributed by atoms with Crippen molar-refractivity contribution in [1.82, 2.24) is 20.1 Å². The summed E-state index contributed by atoms with van der Waals surface area (Å²) < 4.78 is 11.2. The number of pyridine rings is 1. The fourth-order valence-corrected chi connectivity index (χ4v) is 3.72. The Labute approximate surface area is 195 Å². The van der Waals surface area contributed by atoms with Crippen LogP contribution in [0.1, 0.15) is 31.2 Å². The van der Waals surface area contributed by atoms with Crippen LogP contribution in [0.5, 0.6) is 5.88 Å². The largest absolute Gasteiger partial charge is 0.477 e. The van der Waals surface area contributed by atoms with Crippen LogP contribution in [0.3, 0.4) is 0 Å². The molecule has 9 heteroatoms. The quantitative estimate of drug-likeness (QED) is 0.345. The van der Waals surface area contributed by atoms with Gasteiger partial charge in [0.2, 0.25) is 5.88 Å². The molecule has 0 aromatic carbocycles. The van der Waals surface area contributed by atoms with Gasteiger partial charge in [-0.05, 0) is 37.2 Å². The lowest BCUT2D eigenvalue weighted by Gasteiger charge is -2.37. The average Bonchev–Trinajstić information content (AvgIpc) is 3.44. The molecular formula is C21H32IN5O3. The van der Waals surface area contributed by atoms with Gasteiger partial charge in [-0.1, -0.05) is 6.07 Å². The summed E-state index contributed by atoms with van der Waals surface area (Å²) in [6, 6.07) is 3.96. The first-order valence-electron chi connectivity index (χ1n) is 10.7. The fraction of sp³-hybridized carbons (Fsp3) is 0.667. The Kier molecular flexibility index (Phi) is 8.55. The maximum atomic E-state index is 12.5. The van der Waals surface area contributed by atoms with E-state index in [4.69, 9.17) is 9.47 Å². The monoisotopic (exact) mass is 529 g/mol. The zero-order chi connectivity index (χ0) is 20.1. The molecule has 1 aliphatic carbocycles. The van der Waals surface area contributed by atoms with Gasteiger partial charge in [-0.25, -0.2) is 4.98 Å². The Balaban J connectivity index is 0.00000256. The standard InChI is InChI=1S/C21H31N5O3.HI/c1-22-21(24-14-17-6-7-19(23-13-17)29-15-16-4-5-16)26-10-8-25(9-11-26)20(27)18-3-2-12-28-18;/h6-7,13,16,18H,2-5,8-12,14-15H2,1H3,(H,22,24);1H. The summed E-state index contributed by atoms with van der Waals surface area (Å²) in [5.41, 5.74) is 1.08. The number of amides is 1. The minimum atomic E-state index is -0.234. The maximum Gasteiger partial charge on any atom is 0.251 e. The Hall–Kier alpha value is -1.62. The van der Waals surface area contributed by atoms with Crippen molar-refractivity contribution in [3.8, 4) is 5.88 Å². The Morgan fingerprint density at radius 1 is 1.23 bits per heavy atom. The number of halogens is 1. The highest BCUT2D eigenvalue weighted by molar-refractivity contribution is 14.0. The van der Waals surface area contributed by atoms with Crippen LogP contribution in [0.15, 0.2) is 23.3 Å². The molecule has 1 aromatic rings. The van der Waals surface area contributed by atoms with E-state index in [0.29, 0.717) is 32.1 Å². The highest BCUT2D eigenvalue weighted by Crippen LogP contribution is 2.29. The molecule has 4 rings (SSSR count). The minimum Gasteiger partial charge on any atom is -0.477 e. The molecule has 2 aliphatic heterocycles. The summed E-state index contributed by atoms with van der Waals surface area (Å²) in [7, 11) is 1.79. The number of hydrogen-bond acceptors (Lipinski definition) is 5. The molecule has 1 N–H and O–H groups in total. The molecule has 166 valence electrons. The number of nitrogens with one attached hydrogen (secondary N) is 1. The number of carbonyl (C=O) groups excluding carboxylic acids is 1. The second kappa shape index (κ2) is 11.1. The molecule has 30 heavy (non-hydrogen) atoms. The summed E-state index contributed by atoms with van der Waals surface area (Å²) in [5, 5.41) is 3.40. The smallest absolute Gasteiger partial charge is 0.251 e. The van der Waals surface area contributed by atoms with E-state index in [-0.39, 0.29) is 36.0 Å². The van der Waals surface area contributed by atoms with Crippen molar-refractivity contribution < 1.29 is 14.3 Å². The number of ether oxygens (including phenoxy) is 2. The van der Waals surface area contributed by atoms with Crippen LogP contribution < -0.4 is 10.1 Å². The predicted molar refractivity (Wildman–Crippen MR) is 125 cm³/mol. The zero-order valence-electron chi connectivity index (χ0n) is 17.6. The van der Waals surface area contributed by atoms with E-state index < -0.39 is 0 Å². The van der Waals surface area contributed by atoms with Gasteiger partial charge in [-0.15, -0.1) is 24.0 Å². The van der Waals surface area contributed by atoms with Crippen LogP contribution in [0.25, 0.3) is 0 Å². The van der Waals surface area contributed by atoms with E-state index in [1.165, 1.54) is 12.8 Å². The highest BCUT2D eigenvalue weighted by Gasteiger charge is 2.30. The third-order valence-electron chi connectivity index (χ3n) is 5.72. The van der Waals surface area contributed by atoms with Crippen molar-refractivity contribution in [2.24, 2.45) is 10.9 Å². The first-order chi connectivity index (χ1) is 14.2. The number of aliphatic imine (C=N–C) groups is 1. The Morgan fingerprint density at radius 2 is 2.00 bits per heavy atom. The lowest BCUT2D eigenvalue weighted by molar-refractivity contribution is -0.142. The normalized spacial score (nSPS) is 21.9. The molecular weight excluding hydrogens is 497 g/mol. The van der Waals surface area contributed by atoms with Crippen molar-refractivity contribution in [3.63, 3.8) is 0 Å². The van der Waals surface area contributed by atoms with E-state index in [9.17, 15) is 4.79 Å². The third-order valence-corrected chi connectivity index (χ3v) is 5.72. The molecule has 1 atom stereocenters. The second-order valence-corrected chi connectivity index (χ2v) is 7.97. The number of rotatable bonds is 6. The molecule has 3 aliphatic rings. The van der Waals surface area contributed by atoms with E-state index in [2.05, 4.69) is 20.2 Å². The van der Waals surface area contributed by atoms with E-state index >= 15 is 0 Å². The van der Waals surface area contributed by atoms with E-state index in [1.807, 2.05) is 23.2 Å². The lowest BCUT2D eigenvalue weighted by atomic mass is 10.2. The molecule has 1 unspecified atom stereocenters. The van der Waals surface area contributed by atoms with Gasteiger partial charge in [0, 0.05) is 58.6 Å². The van der Waals surface area contributed by atoms with Gasteiger partial charge < -0.3 is 24.6 Å². The third kappa shape index (κ3) is 6.19. The van der Waals surface area contributed by atoms with Crippen molar-refractivity contribution in [3.05, 3.63) is 23.9 Å². The van der Waals surface area contributed by atoms with Crippen LogP contribution >= 0.6 is 24.0 Å². The van der Waals surface area contributed by atoms with E-state index in [0.717, 1.165) is 50.0 Å². The maximum absolute atomic E-state index is 12.5. The molecule has 0 bridgehead atoms. The molecule has 8 nitrogen and oxygen atoms in total. The second-order valence-electron chi connectivity index (χ2n) is 7.97. The number of hydrogen-bond donors (Lipinski definition) is 1. The summed E-state index contributed by atoms with van der Waals surface area (Å²) >= 11 is 0. The van der Waals surface area contributed by atoms with Gasteiger partial charge in [-0.2, -0.15) is 0 Å². The minimum absolute atomic E-state index is 0. The number of piperazine rings is 1. The van der Waals surface area contributed by atoms with Crippen LogP contribution in [-0.2, 0) is 16.1 Å². The van der Waals surface area contributed by atoms with Gasteiger partial charge in [0.05, 0.1) is 6.61 Å². The molecule has 0 radical (unpaired) electrons. The summed E-state index contributed by atoms with van der Waals surface area (Å²) in [6.45, 7) is 5.07. The predicted octanol–water partition coefficient (Wildman–Crippen LogP) is 1.89. The van der Waals surface area contributed by atoms with E-state index in [1.54, 1.807) is 7.05 Å². The van der Waals surface area contributed by atoms with Crippen LogP contribution in [-0.4, -0.2) is 79.2 Å². The van der Waals surface area contributed by atoms with Crippen LogP contribution in [0.2, 0.25) is 0 Å². The first-order valence-corrected chi connectivity index (χ1v) is 10.7. The number of nitrogens with zero attached hydrogens (tertiary/aromatic N) is 4. The lowest BCUT2D eigenvalue weighted by Crippen LogP contribution is -2.55. The molecule has 1 saturated carbocycles. The van der Waals surface area contributed by atoms with Gasteiger partial charge >= 0.3 is 0 Å². The molecule has 0 spiro atoms. The van der Waals surface area contributed by atoms with Crippen molar-refractivity contribution in [2.45, 2.75) is 38.3 Å². The SMILES string of the molecule is CN=C(NCc1ccc(OCC2CC2)nc1)N1CCN(C(=O)C2CCCO2)CC1.I. The van der Waals surface area contributed by atoms with Crippen LogP contribution in [0, 0.1) is 5.92 Å². The number of aromatic nitrogens is 1. The molecule has 2 saturated heterocycles. The van der Waals surface area contributed by atoms with Crippen molar-refractivity contribution in [1.29, 1.82) is 0 Å². The summed E-state index contributed by atoms with van der Waals surface area (Å²) in [6.07, 6.45) is 6.00. The molecule has 3 fully saturated rings. The average molecular weight is 529 g/mol. The van der Waals surface area contributed by atoms with Gasteiger partial charge in [-0.3, -0.25) is 9.79 Å². The van der Waals surface area contributed by atoms with Gasteiger partial charge in [0.25, 0.3) is 5.91 Å². The van der Waals surface area contributed by atoms with Crippen molar-refractivity contribution in [2.75, 3.05) is 46.4 Å². The summed E-state index contributed by atoms with van der Waals surface area (Å²) in [4.78, 5) is 25.4. The molecule has 3 heterocycles. The zero-order valence-corrected chi connectivity index (χ0v) is 19.9. The van der Waals surface area contributed by atoms with Crippen molar-refractivity contribution >= 4 is 35.8 Å². The first kappa shape index (κ1) is 23.1. The molecule has 1 aromatic heterocycles. The molecule has 1 amide bonds. The number of guanidine groups is 1. The topological polar surface area (TPSA) is 79.3 Å². The van der Waals surface area contributed by atoms with Gasteiger partial charge in [0.15, 0.2) is 5.96 Å². The number of carbonyl (C=O) groups is 1. The van der Waals surface area contributed by atoms with Crippen LogP contribution in [0.4, 0.5) is 0 Å². The van der Waals surface area contributed by atoms with Gasteiger partial charge in [0.1, 0.15) is 6.10 Å². The summed E-state index contributed by atoms with van der Waals surface area (Å²) in [5.74, 6) is 2.41. The Morgan fingerprint density at radius 3 is 2.60 bits per heavy atom. The fourth-order valence-electron chi connectivity index (χ4n) is 3.72. The highest BCUT2D eigenvalue weighted by atomic mass is 127.